The average Bonchev–Trinajstić information content (AvgIpc) is 2.24. The summed E-state index contributed by atoms with van der Waals surface area (Å²) in [6.45, 7) is 0. The van der Waals surface area contributed by atoms with E-state index in [-0.39, 0.29) is 12.3 Å². The summed E-state index contributed by atoms with van der Waals surface area (Å²) in [5.74, 6) is -7.53. The minimum Gasteiger partial charge on any atom is -0.481 e. The molecule has 0 saturated heterocycles. The summed E-state index contributed by atoms with van der Waals surface area (Å²) in [5, 5.41) is 49.4. The van der Waals surface area contributed by atoms with E-state index in [4.69, 9.17) is 30.6 Å². The van der Waals surface area contributed by atoms with Gasteiger partial charge in [0.2, 0.25) is 0 Å². The first-order valence-corrected chi connectivity index (χ1v) is 4.94. The maximum absolute atomic E-state index is 10.3. The van der Waals surface area contributed by atoms with Gasteiger partial charge in [0.15, 0.2) is 5.60 Å². The summed E-state index contributed by atoms with van der Waals surface area (Å²) in [6.07, 6.45) is -1.17. The van der Waals surface area contributed by atoms with E-state index in [2.05, 4.69) is 0 Å². The van der Waals surface area contributed by atoms with Crippen LogP contribution in [-0.4, -0.2) is 66.1 Å². The molecule has 0 aliphatic carbocycles. The van der Waals surface area contributed by atoms with Gasteiger partial charge in [-0.25, -0.2) is 14.4 Å². The summed E-state index contributed by atoms with van der Waals surface area (Å²) >= 11 is 0. The van der Waals surface area contributed by atoms with Crippen LogP contribution in [0.3, 0.4) is 0 Å². The fourth-order valence-corrected chi connectivity index (χ4v) is 0.857. The molecule has 12 N–H and O–H groups in total. The van der Waals surface area contributed by atoms with E-state index in [0.717, 1.165) is 0 Å². The lowest BCUT2D eigenvalue weighted by Gasteiger charge is -2.18. The molecule has 0 aromatic rings. The lowest BCUT2D eigenvalue weighted by atomic mass is 9.96. The zero-order valence-electron chi connectivity index (χ0n) is 11.7. The molecular weight excluding hydrogens is 324 g/mol. The first kappa shape index (κ1) is 28.2. The van der Waals surface area contributed by atoms with Crippen LogP contribution in [0, 0.1) is 0 Å². The second-order valence-electron chi connectivity index (χ2n) is 3.49. The summed E-state index contributed by atoms with van der Waals surface area (Å²) in [5.41, 5.74) is -2.74. The third kappa shape index (κ3) is 16.9. The molecule has 0 spiro atoms. The number of hydrogen-bond donors (Lipinski definition) is 8. The Morgan fingerprint density at radius 2 is 0.957 bits per heavy atom. The van der Waals surface area contributed by atoms with Crippen LogP contribution in [0.4, 0.5) is 0 Å². The smallest absolute Gasteiger partial charge is 0.336 e. The Balaban J connectivity index is -0.000000158. The van der Waals surface area contributed by atoms with Crippen molar-refractivity contribution in [1.82, 2.24) is 12.3 Å². The van der Waals surface area contributed by atoms with Gasteiger partial charge in [-0.2, -0.15) is 0 Å². The topological polar surface area (TPSA) is 277 Å². The van der Waals surface area contributed by atoms with E-state index in [1.807, 2.05) is 0 Å². The number of aliphatic hydroxyl groups is 1. The van der Waals surface area contributed by atoms with Crippen molar-refractivity contribution in [3.63, 3.8) is 0 Å². The van der Waals surface area contributed by atoms with Crippen LogP contribution in [0.15, 0.2) is 12.2 Å². The SMILES string of the molecule is N.N.O=C(O)C=CC(=O)O.O=C(O)CC(O)(CC(=O)O)C(=O)O. The summed E-state index contributed by atoms with van der Waals surface area (Å²) < 4.78 is 0. The molecule has 13 nitrogen and oxygen atoms in total. The number of rotatable bonds is 7. The molecule has 0 aromatic heterocycles. The molecule has 0 amide bonds. The van der Waals surface area contributed by atoms with Crippen LogP contribution >= 0.6 is 0 Å². The third-order valence-corrected chi connectivity index (χ3v) is 1.65. The predicted octanol–water partition coefficient (Wildman–Crippen LogP) is -1.21. The molecule has 134 valence electrons. The molecule has 0 heterocycles. The molecule has 0 aliphatic heterocycles. The first-order chi connectivity index (χ1) is 9.40. The van der Waals surface area contributed by atoms with E-state index in [1.54, 1.807) is 0 Å². The van der Waals surface area contributed by atoms with Crippen molar-refractivity contribution in [3.8, 4) is 0 Å². The van der Waals surface area contributed by atoms with Gasteiger partial charge < -0.3 is 42.9 Å². The molecule has 0 aromatic carbocycles. The minimum atomic E-state index is -2.74. The van der Waals surface area contributed by atoms with Gasteiger partial charge >= 0.3 is 29.8 Å². The number of hydrogen-bond acceptors (Lipinski definition) is 8. The van der Waals surface area contributed by atoms with E-state index in [9.17, 15) is 24.0 Å². The highest BCUT2D eigenvalue weighted by atomic mass is 16.4. The van der Waals surface area contributed by atoms with Gasteiger partial charge in [0.25, 0.3) is 0 Å². The number of carboxylic acids is 5. The van der Waals surface area contributed by atoms with E-state index < -0.39 is 48.3 Å². The molecule has 0 radical (unpaired) electrons. The van der Waals surface area contributed by atoms with Gasteiger partial charge in [-0.05, 0) is 0 Å². The van der Waals surface area contributed by atoms with E-state index in [1.165, 1.54) is 0 Å². The maximum atomic E-state index is 10.3. The van der Waals surface area contributed by atoms with Crippen molar-refractivity contribution in [3.05, 3.63) is 12.2 Å². The average molecular weight is 342 g/mol. The predicted molar refractivity (Wildman–Crippen MR) is 71.5 cm³/mol. The number of carboxylic acid groups (broad SMARTS) is 5. The summed E-state index contributed by atoms with van der Waals surface area (Å²) in [4.78, 5) is 49.6. The van der Waals surface area contributed by atoms with Crippen LogP contribution in [-0.2, 0) is 24.0 Å². The Kier molecular flexibility index (Phi) is 15.5. The standard InChI is InChI=1S/C6H8O7.C4H4O4.2H3N/c7-3(8)1-6(13,5(11)12)2-4(9)10;5-3(6)1-2-4(7)8;;/h13H,1-2H2,(H,7,8)(H,9,10)(H,11,12);1-2H,(H,5,6)(H,7,8);2*1H3. The van der Waals surface area contributed by atoms with Gasteiger partial charge in [-0.15, -0.1) is 0 Å². The Morgan fingerprint density at radius 1 is 0.696 bits per heavy atom. The quantitative estimate of drug-likeness (QED) is 0.252. The van der Waals surface area contributed by atoms with Gasteiger partial charge in [0.05, 0.1) is 12.8 Å². The third-order valence-electron chi connectivity index (χ3n) is 1.65. The Hall–Kier alpha value is -3.03. The molecule has 0 atom stereocenters. The monoisotopic (exact) mass is 342 g/mol. The second-order valence-corrected chi connectivity index (χ2v) is 3.49. The summed E-state index contributed by atoms with van der Waals surface area (Å²) in [6, 6.07) is 0. The van der Waals surface area contributed by atoms with Gasteiger partial charge in [-0.1, -0.05) is 0 Å². The van der Waals surface area contributed by atoms with Crippen molar-refractivity contribution < 1.29 is 54.6 Å². The lowest BCUT2D eigenvalue weighted by Crippen LogP contribution is -2.42. The molecule has 0 unspecified atom stereocenters. The molecule has 0 rings (SSSR count). The highest BCUT2D eigenvalue weighted by Crippen LogP contribution is 2.15. The van der Waals surface area contributed by atoms with Crippen molar-refractivity contribution >= 4 is 29.8 Å². The minimum absolute atomic E-state index is 0. The zero-order valence-corrected chi connectivity index (χ0v) is 11.7. The molecule has 0 aliphatic rings. The molecule has 23 heavy (non-hydrogen) atoms. The van der Waals surface area contributed by atoms with Gasteiger partial charge in [0, 0.05) is 12.2 Å². The second kappa shape index (κ2) is 12.7. The van der Waals surface area contributed by atoms with Gasteiger partial charge in [0.1, 0.15) is 0 Å². The van der Waals surface area contributed by atoms with E-state index >= 15 is 0 Å². The number of aliphatic carboxylic acids is 5. The molecule has 0 bridgehead atoms. The normalized spacial score (nSPS) is 9.43. The molecule has 13 heteroatoms. The van der Waals surface area contributed by atoms with Crippen LogP contribution in [0.25, 0.3) is 0 Å². The first-order valence-electron chi connectivity index (χ1n) is 4.94. The van der Waals surface area contributed by atoms with Crippen molar-refractivity contribution in [1.29, 1.82) is 0 Å². The van der Waals surface area contributed by atoms with Crippen LogP contribution < -0.4 is 12.3 Å². The highest BCUT2D eigenvalue weighted by Gasteiger charge is 2.40. The highest BCUT2D eigenvalue weighted by molar-refractivity contribution is 5.89. The largest absolute Gasteiger partial charge is 0.481 e. The van der Waals surface area contributed by atoms with Crippen molar-refractivity contribution in [2.45, 2.75) is 18.4 Å². The fraction of sp³-hybridized carbons (Fsp3) is 0.300. The molecule has 0 saturated carbocycles. The lowest BCUT2D eigenvalue weighted by molar-refractivity contribution is -0.170. The molecular formula is C10H18N2O11. The van der Waals surface area contributed by atoms with Gasteiger partial charge in [-0.3, -0.25) is 9.59 Å². The maximum Gasteiger partial charge on any atom is 0.336 e. The van der Waals surface area contributed by atoms with Crippen molar-refractivity contribution in [2.75, 3.05) is 0 Å². The summed E-state index contributed by atoms with van der Waals surface area (Å²) in [7, 11) is 0. The number of carbonyl (C=O) groups is 5. The van der Waals surface area contributed by atoms with Crippen LogP contribution in [0.2, 0.25) is 0 Å². The fourth-order valence-electron chi connectivity index (χ4n) is 0.857. The molecule has 0 fully saturated rings. The zero-order chi connectivity index (χ0) is 17.2. The van der Waals surface area contributed by atoms with Crippen LogP contribution in [0.5, 0.6) is 0 Å². The van der Waals surface area contributed by atoms with E-state index in [0.29, 0.717) is 12.2 Å². The Bertz CT molecular complexity index is 439. The van der Waals surface area contributed by atoms with Crippen molar-refractivity contribution in [2.24, 2.45) is 0 Å². The van der Waals surface area contributed by atoms with Crippen LogP contribution in [0.1, 0.15) is 12.8 Å². The Labute approximate surface area is 128 Å². The Morgan fingerprint density at radius 3 is 1.09 bits per heavy atom.